The Labute approximate surface area is 114 Å². The van der Waals surface area contributed by atoms with Gasteiger partial charge in [-0.1, -0.05) is 13.3 Å². The second kappa shape index (κ2) is 9.58. The van der Waals surface area contributed by atoms with Crippen LogP contribution < -0.4 is 5.32 Å². The molecule has 1 rings (SSSR count). The van der Waals surface area contributed by atoms with E-state index >= 15 is 0 Å². The minimum atomic E-state index is -0.337. The van der Waals surface area contributed by atoms with E-state index in [1.165, 1.54) is 13.5 Å². The van der Waals surface area contributed by atoms with Crippen LogP contribution in [0.4, 0.5) is 0 Å². The minimum absolute atomic E-state index is 0.337. The summed E-state index contributed by atoms with van der Waals surface area (Å²) in [6.07, 6.45) is 3.30. The second-order valence-corrected chi connectivity index (χ2v) is 4.39. The molecule has 1 aromatic rings. The Hall–Kier alpha value is -1.33. The number of rotatable bonds is 10. The topological polar surface area (TPSA) is 63.4 Å². The van der Waals surface area contributed by atoms with Crippen LogP contribution in [0.1, 0.15) is 42.4 Å². The number of hydrogen-bond donors (Lipinski definition) is 2. The van der Waals surface area contributed by atoms with E-state index in [4.69, 9.17) is 4.74 Å². The summed E-state index contributed by atoms with van der Waals surface area (Å²) in [6.45, 7) is 5.43. The summed E-state index contributed by atoms with van der Waals surface area (Å²) >= 11 is 0. The smallest absolute Gasteiger partial charge is 0.354 e. The van der Waals surface area contributed by atoms with Crippen LogP contribution in [-0.4, -0.2) is 37.8 Å². The summed E-state index contributed by atoms with van der Waals surface area (Å²) in [6, 6.07) is 3.62. The maximum Gasteiger partial charge on any atom is 0.354 e. The molecule has 108 valence electrons. The molecule has 0 aliphatic heterocycles. The zero-order valence-electron chi connectivity index (χ0n) is 11.8. The predicted molar refractivity (Wildman–Crippen MR) is 74.2 cm³/mol. The molecule has 0 spiro atoms. The molecular formula is C14H24N2O3. The number of carbonyl (C=O) groups is 1. The lowest BCUT2D eigenvalue weighted by molar-refractivity contribution is 0.0594. The molecule has 1 heterocycles. The molecule has 0 fully saturated rings. The van der Waals surface area contributed by atoms with E-state index in [1.807, 2.05) is 6.07 Å². The van der Waals surface area contributed by atoms with Crippen LogP contribution >= 0.6 is 0 Å². The third-order valence-electron chi connectivity index (χ3n) is 2.75. The van der Waals surface area contributed by atoms with Gasteiger partial charge in [-0.05, 0) is 31.5 Å². The molecule has 0 aliphatic rings. The van der Waals surface area contributed by atoms with E-state index in [1.54, 1.807) is 6.07 Å². The standard InChI is InChI=1S/C14H24N2O3/c1-3-4-9-19-10-5-8-15-11-12-6-7-13(16-12)14(17)18-2/h6-7,15-16H,3-5,8-11H2,1-2H3. The number of carbonyl (C=O) groups excluding carboxylic acids is 1. The van der Waals surface area contributed by atoms with Crippen molar-refractivity contribution in [1.29, 1.82) is 0 Å². The summed E-state index contributed by atoms with van der Waals surface area (Å²) in [5.41, 5.74) is 1.47. The third kappa shape index (κ3) is 6.40. The predicted octanol–water partition coefficient (Wildman–Crippen LogP) is 2.10. The van der Waals surface area contributed by atoms with Crippen LogP contribution in [-0.2, 0) is 16.0 Å². The third-order valence-corrected chi connectivity index (χ3v) is 2.75. The van der Waals surface area contributed by atoms with Gasteiger partial charge in [-0.3, -0.25) is 0 Å². The van der Waals surface area contributed by atoms with Gasteiger partial charge in [0.1, 0.15) is 5.69 Å². The first-order valence-electron chi connectivity index (χ1n) is 6.82. The molecule has 1 aromatic heterocycles. The largest absolute Gasteiger partial charge is 0.464 e. The lowest BCUT2D eigenvalue weighted by atomic mass is 10.3. The van der Waals surface area contributed by atoms with Crippen molar-refractivity contribution in [3.63, 3.8) is 0 Å². The molecule has 0 amide bonds. The van der Waals surface area contributed by atoms with Crippen LogP contribution in [0, 0.1) is 0 Å². The molecular weight excluding hydrogens is 244 g/mol. The Morgan fingerprint density at radius 2 is 2.11 bits per heavy atom. The maximum atomic E-state index is 11.2. The number of nitrogens with one attached hydrogen (secondary N) is 2. The van der Waals surface area contributed by atoms with Crippen molar-refractivity contribution in [3.05, 3.63) is 23.5 Å². The summed E-state index contributed by atoms with van der Waals surface area (Å²) in [7, 11) is 1.37. The van der Waals surface area contributed by atoms with Crippen molar-refractivity contribution in [1.82, 2.24) is 10.3 Å². The molecule has 19 heavy (non-hydrogen) atoms. The number of methoxy groups -OCH3 is 1. The van der Waals surface area contributed by atoms with Gasteiger partial charge in [0, 0.05) is 25.5 Å². The van der Waals surface area contributed by atoms with Gasteiger partial charge in [0.15, 0.2) is 0 Å². The molecule has 0 saturated heterocycles. The quantitative estimate of drug-likeness (QED) is 0.504. The van der Waals surface area contributed by atoms with Gasteiger partial charge >= 0.3 is 5.97 Å². The van der Waals surface area contributed by atoms with E-state index < -0.39 is 0 Å². The minimum Gasteiger partial charge on any atom is -0.464 e. The number of aromatic amines is 1. The lowest BCUT2D eigenvalue weighted by Gasteiger charge is -2.04. The van der Waals surface area contributed by atoms with Gasteiger partial charge in [-0.25, -0.2) is 4.79 Å². The maximum absolute atomic E-state index is 11.2. The Morgan fingerprint density at radius 3 is 2.84 bits per heavy atom. The summed E-state index contributed by atoms with van der Waals surface area (Å²) in [5, 5.41) is 3.30. The molecule has 0 aromatic carbocycles. The monoisotopic (exact) mass is 268 g/mol. The normalized spacial score (nSPS) is 10.6. The fourth-order valence-corrected chi connectivity index (χ4v) is 1.64. The first kappa shape index (κ1) is 15.7. The van der Waals surface area contributed by atoms with Crippen LogP contribution in [0.2, 0.25) is 0 Å². The molecule has 0 saturated carbocycles. The Bertz CT molecular complexity index is 363. The van der Waals surface area contributed by atoms with E-state index in [0.29, 0.717) is 12.2 Å². The average Bonchev–Trinajstić information content (AvgIpc) is 2.89. The van der Waals surface area contributed by atoms with E-state index in [-0.39, 0.29) is 5.97 Å². The zero-order valence-corrected chi connectivity index (χ0v) is 11.8. The van der Waals surface area contributed by atoms with Crippen LogP contribution in [0.5, 0.6) is 0 Å². The second-order valence-electron chi connectivity index (χ2n) is 4.39. The molecule has 2 N–H and O–H groups in total. The SMILES string of the molecule is CCCCOCCCNCc1ccc(C(=O)OC)[nH]1. The molecule has 5 nitrogen and oxygen atoms in total. The summed E-state index contributed by atoms with van der Waals surface area (Å²) < 4.78 is 10.1. The highest BCUT2D eigenvalue weighted by molar-refractivity contribution is 5.87. The zero-order chi connectivity index (χ0) is 13.9. The van der Waals surface area contributed by atoms with Crippen molar-refractivity contribution >= 4 is 5.97 Å². The Kier molecular flexibility index (Phi) is 7.93. The van der Waals surface area contributed by atoms with Crippen LogP contribution in [0.3, 0.4) is 0 Å². The van der Waals surface area contributed by atoms with E-state index in [0.717, 1.165) is 38.3 Å². The van der Waals surface area contributed by atoms with Gasteiger partial charge in [-0.2, -0.15) is 0 Å². The van der Waals surface area contributed by atoms with E-state index in [9.17, 15) is 4.79 Å². The summed E-state index contributed by atoms with van der Waals surface area (Å²) in [4.78, 5) is 14.3. The number of esters is 1. The molecule has 0 unspecified atom stereocenters. The van der Waals surface area contributed by atoms with Crippen molar-refractivity contribution in [2.24, 2.45) is 0 Å². The van der Waals surface area contributed by atoms with Crippen molar-refractivity contribution < 1.29 is 14.3 Å². The molecule has 0 aliphatic carbocycles. The molecule has 0 atom stereocenters. The van der Waals surface area contributed by atoms with Gasteiger partial charge in [0.2, 0.25) is 0 Å². The first-order chi connectivity index (χ1) is 9.27. The van der Waals surface area contributed by atoms with Gasteiger partial charge in [-0.15, -0.1) is 0 Å². The van der Waals surface area contributed by atoms with Crippen molar-refractivity contribution in [2.75, 3.05) is 26.9 Å². The first-order valence-corrected chi connectivity index (χ1v) is 6.82. The van der Waals surface area contributed by atoms with E-state index in [2.05, 4.69) is 22.0 Å². The lowest BCUT2D eigenvalue weighted by Crippen LogP contribution is -2.17. The fraction of sp³-hybridized carbons (Fsp3) is 0.643. The highest BCUT2D eigenvalue weighted by Crippen LogP contribution is 2.03. The number of unbranched alkanes of at least 4 members (excludes halogenated alkanes) is 1. The highest BCUT2D eigenvalue weighted by Gasteiger charge is 2.07. The van der Waals surface area contributed by atoms with Crippen molar-refractivity contribution in [3.8, 4) is 0 Å². The van der Waals surface area contributed by atoms with Crippen LogP contribution in [0.15, 0.2) is 12.1 Å². The molecule has 0 radical (unpaired) electrons. The van der Waals surface area contributed by atoms with Gasteiger partial charge < -0.3 is 19.8 Å². The Balaban J connectivity index is 2.06. The van der Waals surface area contributed by atoms with Gasteiger partial charge in [0.05, 0.1) is 7.11 Å². The summed E-state index contributed by atoms with van der Waals surface area (Å²) in [5.74, 6) is -0.337. The number of aromatic nitrogens is 1. The van der Waals surface area contributed by atoms with Gasteiger partial charge in [0.25, 0.3) is 0 Å². The fourth-order valence-electron chi connectivity index (χ4n) is 1.64. The van der Waals surface area contributed by atoms with Crippen LogP contribution in [0.25, 0.3) is 0 Å². The average molecular weight is 268 g/mol. The Morgan fingerprint density at radius 1 is 1.32 bits per heavy atom. The molecule has 5 heteroatoms. The highest BCUT2D eigenvalue weighted by atomic mass is 16.5. The number of H-pyrrole nitrogens is 1. The molecule has 0 bridgehead atoms. The number of hydrogen-bond acceptors (Lipinski definition) is 4. The number of ether oxygens (including phenoxy) is 2. The van der Waals surface area contributed by atoms with Crippen molar-refractivity contribution in [2.45, 2.75) is 32.7 Å².